The maximum atomic E-state index is 13.0. The Morgan fingerprint density at radius 3 is 2.59 bits per heavy atom. The third-order valence-corrected chi connectivity index (χ3v) is 4.68. The number of benzene rings is 2. The summed E-state index contributed by atoms with van der Waals surface area (Å²) >= 11 is 5.79. The van der Waals surface area contributed by atoms with Crippen LogP contribution in [-0.2, 0) is 12.6 Å². The van der Waals surface area contributed by atoms with Crippen molar-refractivity contribution in [1.29, 1.82) is 0 Å². The topological polar surface area (TPSA) is 54.4 Å². The van der Waals surface area contributed by atoms with Gasteiger partial charge in [-0.25, -0.2) is 4.98 Å². The molecule has 0 bridgehead atoms. The summed E-state index contributed by atoms with van der Waals surface area (Å²) in [6.07, 6.45) is -2.67. The highest BCUT2D eigenvalue weighted by atomic mass is 35.5. The zero-order valence-electron chi connectivity index (χ0n) is 14.8. The van der Waals surface area contributed by atoms with Crippen LogP contribution in [0.2, 0.25) is 5.02 Å². The van der Waals surface area contributed by atoms with Crippen molar-refractivity contribution in [1.82, 2.24) is 4.98 Å². The lowest BCUT2D eigenvalue weighted by Gasteiger charge is -2.08. The van der Waals surface area contributed by atoms with Crippen LogP contribution >= 0.6 is 11.6 Å². The van der Waals surface area contributed by atoms with E-state index in [1.165, 1.54) is 12.3 Å². The third kappa shape index (κ3) is 4.00. The van der Waals surface area contributed by atoms with Crippen molar-refractivity contribution < 1.29 is 18.0 Å². The van der Waals surface area contributed by atoms with Crippen molar-refractivity contribution in [3.8, 4) is 0 Å². The molecule has 0 unspecified atom stereocenters. The summed E-state index contributed by atoms with van der Waals surface area (Å²) in [5.41, 5.74) is 1.67. The largest absolute Gasteiger partial charge is 0.416 e. The van der Waals surface area contributed by atoms with Gasteiger partial charge in [0.1, 0.15) is 5.82 Å². The Morgan fingerprint density at radius 1 is 1.07 bits per heavy atom. The lowest BCUT2D eigenvalue weighted by molar-refractivity contribution is -0.137. The first-order chi connectivity index (χ1) is 13.8. The first kappa shape index (κ1) is 19.1. The number of aromatic nitrogens is 1. The summed E-state index contributed by atoms with van der Waals surface area (Å²) in [5, 5.41) is 3.12. The van der Waals surface area contributed by atoms with Crippen LogP contribution in [0.1, 0.15) is 27.0 Å². The molecule has 8 heteroatoms. The van der Waals surface area contributed by atoms with Gasteiger partial charge in [-0.1, -0.05) is 35.9 Å². The van der Waals surface area contributed by atoms with Crippen molar-refractivity contribution in [3.63, 3.8) is 0 Å². The molecule has 0 fully saturated rings. The van der Waals surface area contributed by atoms with Crippen molar-refractivity contribution in [3.05, 3.63) is 88.1 Å². The fourth-order valence-corrected chi connectivity index (χ4v) is 3.19. The molecule has 4 nitrogen and oxygen atoms in total. The molecule has 146 valence electrons. The smallest absolute Gasteiger partial charge is 0.306 e. The van der Waals surface area contributed by atoms with Gasteiger partial charge in [-0.05, 0) is 41.5 Å². The molecule has 1 amide bonds. The van der Waals surface area contributed by atoms with Crippen molar-refractivity contribution >= 4 is 34.7 Å². The van der Waals surface area contributed by atoms with E-state index in [1.54, 1.807) is 36.4 Å². The summed E-state index contributed by atoms with van der Waals surface area (Å²) in [7, 11) is 0. The van der Waals surface area contributed by atoms with Gasteiger partial charge in [0.05, 0.1) is 27.5 Å². The Labute approximate surface area is 169 Å². The molecule has 1 aliphatic heterocycles. The van der Waals surface area contributed by atoms with Crippen molar-refractivity contribution in [2.75, 3.05) is 5.32 Å². The van der Waals surface area contributed by atoms with Crippen molar-refractivity contribution in [2.45, 2.75) is 12.6 Å². The molecule has 0 aliphatic carbocycles. The summed E-state index contributed by atoms with van der Waals surface area (Å²) in [6.45, 7) is 0. The van der Waals surface area contributed by atoms with E-state index in [0.29, 0.717) is 39.8 Å². The predicted octanol–water partition coefficient (Wildman–Crippen LogP) is 5.68. The highest BCUT2D eigenvalue weighted by molar-refractivity contribution is 6.30. The van der Waals surface area contributed by atoms with E-state index >= 15 is 0 Å². The number of fused-ring (bicyclic) bond motifs is 1. The Kier molecular flexibility index (Phi) is 4.84. The van der Waals surface area contributed by atoms with E-state index in [2.05, 4.69) is 15.3 Å². The molecular formula is C21H13ClF3N3O. The van der Waals surface area contributed by atoms with E-state index in [4.69, 9.17) is 11.6 Å². The maximum Gasteiger partial charge on any atom is 0.416 e. The first-order valence-corrected chi connectivity index (χ1v) is 8.99. The van der Waals surface area contributed by atoms with E-state index in [0.717, 1.165) is 17.7 Å². The molecular weight excluding hydrogens is 403 g/mol. The Bertz CT molecular complexity index is 1120. The van der Waals surface area contributed by atoms with Gasteiger partial charge in [-0.15, -0.1) is 0 Å². The van der Waals surface area contributed by atoms with Crippen molar-refractivity contribution in [2.24, 2.45) is 4.99 Å². The highest BCUT2D eigenvalue weighted by Crippen LogP contribution is 2.35. The van der Waals surface area contributed by atoms with Crippen LogP contribution in [0, 0.1) is 0 Å². The van der Waals surface area contributed by atoms with Gasteiger partial charge in [0.2, 0.25) is 0 Å². The van der Waals surface area contributed by atoms with Crippen LogP contribution in [-0.4, -0.2) is 16.6 Å². The maximum absolute atomic E-state index is 13.0. The quantitative estimate of drug-likeness (QED) is 0.598. The highest BCUT2D eigenvalue weighted by Gasteiger charge is 2.31. The number of rotatable bonds is 3. The van der Waals surface area contributed by atoms with Crippen LogP contribution in [0.15, 0.2) is 65.8 Å². The van der Waals surface area contributed by atoms with E-state index in [-0.39, 0.29) is 0 Å². The number of nitrogens with zero attached hydrogens (tertiary/aromatic N) is 2. The summed E-state index contributed by atoms with van der Waals surface area (Å²) in [4.78, 5) is 21.2. The van der Waals surface area contributed by atoms with Gasteiger partial charge in [0.15, 0.2) is 0 Å². The number of aliphatic imine (C=N–C) groups is 1. The number of amides is 1. The van der Waals surface area contributed by atoms with Gasteiger partial charge in [0.25, 0.3) is 5.91 Å². The number of para-hydroxylation sites is 1. The van der Waals surface area contributed by atoms with Gasteiger partial charge >= 0.3 is 6.18 Å². The van der Waals surface area contributed by atoms with Gasteiger partial charge in [0, 0.05) is 12.6 Å². The second kappa shape index (κ2) is 7.33. The second-order valence-corrected chi connectivity index (χ2v) is 6.88. The molecule has 2 heterocycles. The zero-order chi connectivity index (χ0) is 20.6. The minimum absolute atomic E-state index is 0.321. The molecule has 0 saturated heterocycles. The Balaban J connectivity index is 1.64. The molecule has 1 N–H and O–H groups in total. The number of pyridine rings is 1. The number of hydrogen-bond donors (Lipinski definition) is 1. The number of alkyl halides is 3. The second-order valence-electron chi connectivity index (χ2n) is 6.44. The summed E-state index contributed by atoms with van der Waals surface area (Å²) < 4.78 is 39.0. The summed E-state index contributed by atoms with van der Waals surface area (Å²) in [5.74, 6) is -0.0807. The number of nitrogens with one attached hydrogen (secondary N) is 1. The normalized spacial score (nSPS) is 13.0. The lowest BCUT2D eigenvalue weighted by Crippen LogP contribution is -2.13. The van der Waals surface area contributed by atoms with Crippen LogP contribution in [0.3, 0.4) is 0 Å². The molecule has 29 heavy (non-hydrogen) atoms. The molecule has 1 aromatic heterocycles. The monoisotopic (exact) mass is 415 g/mol. The lowest BCUT2D eigenvalue weighted by atomic mass is 10.0. The van der Waals surface area contributed by atoms with Crippen LogP contribution < -0.4 is 5.32 Å². The van der Waals surface area contributed by atoms with E-state index < -0.39 is 17.6 Å². The van der Waals surface area contributed by atoms with Gasteiger partial charge in [-0.2, -0.15) is 13.2 Å². The average Bonchev–Trinajstić information content (AvgIpc) is 3.13. The fraction of sp³-hybridized carbons (Fsp3) is 0.0952. The zero-order valence-corrected chi connectivity index (χ0v) is 15.6. The molecule has 0 radical (unpaired) electrons. The number of anilines is 1. The number of carbonyl (C=O) groups excluding carboxylic acids is 1. The van der Waals surface area contributed by atoms with E-state index in [9.17, 15) is 18.0 Å². The molecule has 3 aromatic rings. The number of halogens is 4. The average molecular weight is 416 g/mol. The fourth-order valence-electron chi connectivity index (χ4n) is 3.08. The molecule has 4 rings (SSSR count). The number of hydrogen-bond acceptors (Lipinski definition) is 3. The number of carbonyl (C=O) groups is 1. The van der Waals surface area contributed by atoms with Crippen LogP contribution in [0.5, 0.6) is 0 Å². The minimum atomic E-state index is -4.43. The van der Waals surface area contributed by atoms with Gasteiger partial charge < -0.3 is 5.32 Å². The van der Waals surface area contributed by atoms with Crippen LogP contribution in [0.4, 0.5) is 24.7 Å². The standard InChI is InChI=1S/C21H13ClF3N3O/c22-15-7-8-18(26-11-15)28-20(29)16-6-2-4-13-10-17(27-19(13)16)12-3-1-5-14(9-12)21(23,24)25/h1-9,11H,10H2,(H,26,28,29). The minimum Gasteiger partial charge on any atom is -0.306 e. The van der Waals surface area contributed by atoms with Crippen LogP contribution in [0.25, 0.3) is 0 Å². The molecule has 0 spiro atoms. The molecule has 1 aliphatic rings. The predicted molar refractivity (Wildman–Crippen MR) is 105 cm³/mol. The Hall–Kier alpha value is -3.19. The molecule has 0 saturated carbocycles. The molecule has 2 aromatic carbocycles. The SMILES string of the molecule is O=C(Nc1ccc(Cl)cn1)c1cccc2c1N=C(c1cccc(C(F)(F)F)c1)C2. The summed E-state index contributed by atoms with van der Waals surface area (Å²) in [6, 6.07) is 13.3. The Morgan fingerprint density at radius 2 is 1.86 bits per heavy atom. The molecule has 0 atom stereocenters. The van der Waals surface area contributed by atoms with Gasteiger partial charge in [-0.3, -0.25) is 9.79 Å². The van der Waals surface area contributed by atoms with E-state index in [1.807, 2.05) is 0 Å². The third-order valence-electron chi connectivity index (χ3n) is 4.46. The first-order valence-electron chi connectivity index (χ1n) is 8.61.